The summed E-state index contributed by atoms with van der Waals surface area (Å²) >= 11 is 7.21. The molecule has 5 nitrogen and oxygen atoms in total. The Kier molecular flexibility index (Phi) is 3.53. The van der Waals surface area contributed by atoms with Gasteiger partial charge in [-0.25, -0.2) is 9.97 Å². The van der Waals surface area contributed by atoms with Crippen LogP contribution in [0.3, 0.4) is 0 Å². The van der Waals surface area contributed by atoms with E-state index in [4.69, 9.17) is 21.9 Å². The molecule has 2 aliphatic rings. The molecular formula is C17H18N4OS2. The van der Waals surface area contributed by atoms with Crippen molar-refractivity contribution in [3.05, 3.63) is 22.2 Å². The molecule has 0 radical (unpaired) electrons. The first-order valence-corrected chi connectivity index (χ1v) is 9.70. The number of pyridine rings is 1. The van der Waals surface area contributed by atoms with Crippen molar-refractivity contribution in [3.8, 4) is 0 Å². The van der Waals surface area contributed by atoms with Crippen LogP contribution in [0.15, 0.2) is 6.33 Å². The lowest BCUT2D eigenvalue weighted by atomic mass is 9.93. The molecule has 5 rings (SSSR count). The lowest BCUT2D eigenvalue weighted by Crippen LogP contribution is -2.37. The van der Waals surface area contributed by atoms with E-state index < -0.39 is 0 Å². The number of hydrogen-bond donors (Lipinski definition) is 1. The number of aryl methyl sites for hydroxylation is 2. The second-order valence-corrected chi connectivity index (χ2v) is 7.79. The van der Waals surface area contributed by atoms with E-state index in [9.17, 15) is 0 Å². The summed E-state index contributed by atoms with van der Waals surface area (Å²) in [5.74, 6) is 1.11. The number of nitrogens with one attached hydrogen (secondary N) is 1. The summed E-state index contributed by atoms with van der Waals surface area (Å²) in [5, 5.41) is 1.33. The summed E-state index contributed by atoms with van der Waals surface area (Å²) in [7, 11) is 0. The van der Waals surface area contributed by atoms with Gasteiger partial charge in [0.2, 0.25) is 0 Å². The first-order chi connectivity index (χ1) is 11.8. The van der Waals surface area contributed by atoms with E-state index in [2.05, 4.69) is 14.9 Å². The van der Waals surface area contributed by atoms with E-state index in [0.717, 1.165) is 55.2 Å². The van der Waals surface area contributed by atoms with Gasteiger partial charge in [0.15, 0.2) is 0 Å². The average Bonchev–Trinajstić information content (AvgIpc) is 3.03. The summed E-state index contributed by atoms with van der Waals surface area (Å²) in [6.45, 7) is 3.34. The van der Waals surface area contributed by atoms with Crippen molar-refractivity contribution in [3.63, 3.8) is 0 Å². The monoisotopic (exact) mass is 358 g/mol. The first-order valence-electron chi connectivity index (χ1n) is 8.47. The van der Waals surface area contributed by atoms with Crippen LogP contribution < -0.4 is 4.90 Å². The number of anilines is 1. The standard InChI is InChI=1S/C17H18N4OS2/c23-17-15-13(18-9-19-17)12-10-3-1-2-4-11(10)20-16(14(12)24-15)21-5-7-22-8-6-21/h9H,1-8H2,(H,18,19,23). The topological polar surface area (TPSA) is 54.0 Å². The van der Waals surface area contributed by atoms with Gasteiger partial charge in [0.1, 0.15) is 10.5 Å². The molecule has 1 aliphatic carbocycles. The Morgan fingerprint density at radius 2 is 2.00 bits per heavy atom. The van der Waals surface area contributed by atoms with E-state index in [1.807, 2.05) is 0 Å². The van der Waals surface area contributed by atoms with Gasteiger partial charge in [-0.1, -0.05) is 12.2 Å². The van der Waals surface area contributed by atoms with Crippen molar-refractivity contribution in [2.75, 3.05) is 31.2 Å². The number of ether oxygens (including phenoxy) is 1. The SMILES string of the molecule is S=c1nc[nH]c2c1sc1c(N3CCOCC3)nc3c(c12)CCCC3. The zero-order chi connectivity index (χ0) is 16.1. The molecule has 0 atom stereocenters. The fourth-order valence-electron chi connectivity index (χ4n) is 3.83. The molecular weight excluding hydrogens is 340 g/mol. The molecule has 3 aromatic heterocycles. The van der Waals surface area contributed by atoms with Gasteiger partial charge in [-0.15, -0.1) is 11.3 Å². The number of aromatic nitrogens is 3. The first kappa shape index (κ1) is 14.7. The third kappa shape index (κ3) is 2.18. The molecule has 1 saturated heterocycles. The van der Waals surface area contributed by atoms with Crippen LogP contribution in [0.5, 0.6) is 0 Å². The van der Waals surface area contributed by atoms with E-state index >= 15 is 0 Å². The maximum absolute atomic E-state index is 5.53. The molecule has 4 heterocycles. The van der Waals surface area contributed by atoms with Gasteiger partial charge in [0.25, 0.3) is 0 Å². The van der Waals surface area contributed by atoms with Crippen molar-refractivity contribution in [1.82, 2.24) is 15.0 Å². The molecule has 3 aromatic rings. The van der Waals surface area contributed by atoms with Gasteiger partial charge in [0.05, 0.1) is 34.5 Å². The normalized spacial score (nSPS) is 18.2. The summed E-state index contributed by atoms with van der Waals surface area (Å²) in [6.07, 6.45) is 6.38. The predicted octanol–water partition coefficient (Wildman–Crippen LogP) is 3.62. The molecule has 1 N–H and O–H groups in total. The summed E-state index contributed by atoms with van der Waals surface area (Å²) in [4.78, 5) is 15.1. The number of morpholine rings is 1. The van der Waals surface area contributed by atoms with Crippen LogP contribution in [0, 0.1) is 4.64 Å². The van der Waals surface area contributed by atoms with Crippen LogP contribution in [0.1, 0.15) is 24.1 Å². The van der Waals surface area contributed by atoms with Crippen molar-refractivity contribution >= 4 is 49.7 Å². The van der Waals surface area contributed by atoms with Gasteiger partial charge < -0.3 is 14.6 Å². The van der Waals surface area contributed by atoms with Crippen LogP contribution in [-0.4, -0.2) is 41.3 Å². The minimum Gasteiger partial charge on any atom is -0.378 e. The maximum atomic E-state index is 5.53. The maximum Gasteiger partial charge on any atom is 0.147 e. The molecule has 0 spiro atoms. The second kappa shape index (κ2) is 5.75. The summed E-state index contributed by atoms with van der Waals surface area (Å²) < 4.78 is 8.54. The van der Waals surface area contributed by atoms with Crippen LogP contribution >= 0.6 is 23.6 Å². The third-order valence-electron chi connectivity index (χ3n) is 4.99. The zero-order valence-electron chi connectivity index (χ0n) is 13.3. The molecule has 7 heteroatoms. The number of thiophene rings is 1. The zero-order valence-corrected chi connectivity index (χ0v) is 14.9. The molecule has 24 heavy (non-hydrogen) atoms. The van der Waals surface area contributed by atoms with Crippen LogP contribution in [0.25, 0.3) is 20.3 Å². The predicted molar refractivity (Wildman–Crippen MR) is 99.8 cm³/mol. The molecule has 1 fully saturated rings. The Hall–Kier alpha value is -1.57. The minimum absolute atomic E-state index is 0.683. The van der Waals surface area contributed by atoms with Crippen molar-refractivity contribution in [2.45, 2.75) is 25.7 Å². The Bertz CT molecular complexity index is 988. The Morgan fingerprint density at radius 1 is 1.17 bits per heavy atom. The highest BCUT2D eigenvalue weighted by molar-refractivity contribution is 7.71. The number of hydrogen-bond acceptors (Lipinski definition) is 6. The Labute approximate surface area is 148 Å². The van der Waals surface area contributed by atoms with Gasteiger partial charge in [-0.05, 0) is 31.2 Å². The van der Waals surface area contributed by atoms with Crippen molar-refractivity contribution in [2.24, 2.45) is 0 Å². The van der Waals surface area contributed by atoms with E-state index in [-0.39, 0.29) is 0 Å². The summed E-state index contributed by atoms with van der Waals surface area (Å²) in [6, 6.07) is 0. The smallest absolute Gasteiger partial charge is 0.147 e. The molecule has 124 valence electrons. The number of fused-ring (bicyclic) bond motifs is 5. The fraction of sp³-hybridized carbons (Fsp3) is 0.471. The van der Waals surface area contributed by atoms with Gasteiger partial charge in [-0.3, -0.25) is 0 Å². The molecule has 0 aromatic carbocycles. The number of H-pyrrole nitrogens is 1. The van der Waals surface area contributed by atoms with Gasteiger partial charge >= 0.3 is 0 Å². The number of aromatic amines is 1. The van der Waals surface area contributed by atoms with Crippen LogP contribution in [0.4, 0.5) is 5.82 Å². The molecule has 0 unspecified atom stereocenters. The largest absolute Gasteiger partial charge is 0.378 e. The molecule has 0 saturated carbocycles. The second-order valence-electron chi connectivity index (χ2n) is 6.39. The van der Waals surface area contributed by atoms with Crippen LogP contribution in [0.2, 0.25) is 0 Å². The van der Waals surface area contributed by atoms with Crippen molar-refractivity contribution < 1.29 is 4.74 Å². The fourth-order valence-corrected chi connectivity index (χ4v) is 5.31. The van der Waals surface area contributed by atoms with E-state index in [0.29, 0.717) is 4.64 Å². The highest BCUT2D eigenvalue weighted by atomic mass is 32.1. The minimum atomic E-state index is 0.683. The van der Waals surface area contributed by atoms with Crippen LogP contribution in [-0.2, 0) is 17.6 Å². The molecule has 1 aliphatic heterocycles. The Balaban J connectivity index is 1.87. The number of nitrogens with zero attached hydrogens (tertiary/aromatic N) is 3. The van der Waals surface area contributed by atoms with Gasteiger partial charge in [0, 0.05) is 24.2 Å². The van der Waals surface area contributed by atoms with Gasteiger partial charge in [-0.2, -0.15) is 0 Å². The average molecular weight is 358 g/mol. The quantitative estimate of drug-likeness (QED) is 0.674. The third-order valence-corrected chi connectivity index (χ3v) is 6.62. The Morgan fingerprint density at radius 3 is 2.88 bits per heavy atom. The lowest BCUT2D eigenvalue weighted by molar-refractivity contribution is 0.122. The van der Waals surface area contributed by atoms with E-state index in [1.54, 1.807) is 17.7 Å². The van der Waals surface area contributed by atoms with Crippen molar-refractivity contribution in [1.29, 1.82) is 0 Å². The lowest BCUT2D eigenvalue weighted by Gasteiger charge is -2.29. The highest BCUT2D eigenvalue weighted by Gasteiger charge is 2.25. The molecule has 0 amide bonds. The molecule has 0 bridgehead atoms. The number of rotatable bonds is 1. The summed E-state index contributed by atoms with van der Waals surface area (Å²) in [5.41, 5.74) is 3.83. The van der Waals surface area contributed by atoms with E-state index in [1.165, 1.54) is 34.2 Å². The highest BCUT2D eigenvalue weighted by Crippen LogP contribution is 2.42.